The summed E-state index contributed by atoms with van der Waals surface area (Å²) in [7, 11) is 1.44. The largest absolute Gasteiger partial charge is 0.495 e. The van der Waals surface area contributed by atoms with Crippen LogP contribution in [-0.2, 0) is 9.59 Å². The number of Topliss-reactive ketones (excluding diaryl/α,β-unsaturated/α-hetero) is 1. The molecule has 0 saturated carbocycles. The summed E-state index contributed by atoms with van der Waals surface area (Å²) in [6.07, 6.45) is 0. The lowest BCUT2D eigenvalue weighted by atomic mass is 10.1. The van der Waals surface area contributed by atoms with Crippen molar-refractivity contribution in [2.24, 2.45) is 0 Å². The summed E-state index contributed by atoms with van der Waals surface area (Å²) in [6.45, 7) is 1.44. The molecule has 2 aromatic rings. The maximum atomic E-state index is 12.0. The molecule has 0 unspecified atom stereocenters. The summed E-state index contributed by atoms with van der Waals surface area (Å²) < 4.78 is 5.10. The molecule has 0 heterocycles. The van der Waals surface area contributed by atoms with Gasteiger partial charge in [-0.2, -0.15) is 0 Å². The van der Waals surface area contributed by atoms with Gasteiger partial charge in [0, 0.05) is 16.3 Å². The first-order chi connectivity index (χ1) is 11.4. The van der Waals surface area contributed by atoms with E-state index in [9.17, 15) is 14.4 Å². The number of hydrogen-bond donors (Lipinski definition) is 2. The van der Waals surface area contributed by atoms with E-state index in [2.05, 4.69) is 10.6 Å². The van der Waals surface area contributed by atoms with E-state index in [4.69, 9.17) is 16.3 Å². The first kappa shape index (κ1) is 17.5. The van der Waals surface area contributed by atoms with Crippen LogP contribution < -0.4 is 15.4 Å². The van der Waals surface area contributed by atoms with Crippen LogP contribution in [-0.4, -0.2) is 24.7 Å². The molecular weight excluding hydrogens is 332 g/mol. The Kier molecular flexibility index (Phi) is 5.55. The number of nitrogens with one attached hydrogen (secondary N) is 2. The molecule has 7 heteroatoms. The number of rotatable bonds is 4. The van der Waals surface area contributed by atoms with Crippen LogP contribution in [0, 0.1) is 0 Å². The molecule has 2 amide bonds. The molecule has 0 aliphatic heterocycles. The minimum atomic E-state index is -0.869. The molecule has 0 aliphatic carbocycles. The van der Waals surface area contributed by atoms with Crippen LogP contribution >= 0.6 is 11.6 Å². The number of benzene rings is 2. The minimum absolute atomic E-state index is 0.0846. The third-order valence-corrected chi connectivity index (χ3v) is 3.40. The Morgan fingerprint density at radius 2 is 1.58 bits per heavy atom. The van der Waals surface area contributed by atoms with Crippen molar-refractivity contribution in [3.63, 3.8) is 0 Å². The van der Waals surface area contributed by atoms with Gasteiger partial charge in [0.05, 0.1) is 12.8 Å². The molecule has 0 radical (unpaired) electrons. The van der Waals surface area contributed by atoms with Gasteiger partial charge in [-0.05, 0) is 49.4 Å². The van der Waals surface area contributed by atoms with Gasteiger partial charge < -0.3 is 15.4 Å². The number of halogens is 1. The molecule has 2 N–H and O–H groups in total. The van der Waals surface area contributed by atoms with Crippen molar-refractivity contribution in [2.75, 3.05) is 17.7 Å². The average molecular weight is 347 g/mol. The van der Waals surface area contributed by atoms with E-state index in [-0.39, 0.29) is 11.5 Å². The van der Waals surface area contributed by atoms with Gasteiger partial charge in [-0.1, -0.05) is 11.6 Å². The fourth-order valence-electron chi connectivity index (χ4n) is 1.93. The van der Waals surface area contributed by atoms with E-state index in [1.807, 2.05) is 0 Å². The van der Waals surface area contributed by atoms with Crippen molar-refractivity contribution in [1.29, 1.82) is 0 Å². The first-order valence-corrected chi connectivity index (χ1v) is 7.35. The van der Waals surface area contributed by atoms with Gasteiger partial charge in [0.15, 0.2) is 5.78 Å². The van der Waals surface area contributed by atoms with E-state index < -0.39 is 11.8 Å². The topological polar surface area (TPSA) is 84.5 Å². The van der Waals surface area contributed by atoms with Crippen LogP contribution in [0.4, 0.5) is 11.4 Å². The highest BCUT2D eigenvalue weighted by molar-refractivity contribution is 6.44. The third kappa shape index (κ3) is 4.33. The Labute approximate surface area is 143 Å². The Morgan fingerprint density at radius 3 is 2.17 bits per heavy atom. The van der Waals surface area contributed by atoms with Crippen molar-refractivity contribution < 1.29 is 19.1 Å². The monoisotopic (exact) mass is 346 g/mol. The molecule has 0 bridgehead atoms. The molecule has 6 nitrogen and oxygen atoms in total. The van der Waals surface area contributed by atoms with Gasteiger partial charge in [-0.15, -0.1) is 0 Å². The summed E-state index contributed by atoms with van der Waals surface area (Å²) in [5.74, 6) is -1.43. The maximum absolute atomic E-state index is 12.0. The zero-order valence-electron chi connectivity index (χ0n) is 13.1. The zero-order valence-corrected chi connectivity index (χ0v) is 13.8. The van der Waals surface area contributed by atoms with Crippen molar-refractivity contribution >= 4 is 40.6 Å². The summed E-state index contributed by atoms with van der Waals surface area (Å²) in [5, 5.41) is 5.28. The second-order valence-corrected chi connectivity index (χ2v) is 5.32. The quantitative estimate of drug-likeness (QED) is 0.658. The lowest BCUT2D eigenvalue weighted by molar-refractivity contribution is -0.133. The number of carbonyl (C=O) groups excluding carboxylic acids is 3. The van der Waals surface area contributed by atoms with E-state index >= 15 is 0 Å². The van der Waals surface area contributed by atoms with Gasteiger partial charge in [0.2, 0.25) is 0 Å². The summed E-state index contributed by atoms with van der Waals surface area (Å²) in [6, 6.07) is 10.9. The number of anilines is 2. The van der Waals surface area contributed by atoms with Crippen LogP contribution in [0.15, 0.2) is 42.5 Å². The Bertz CT molecular complexity index is 788. The van der Waals surface area contributed by atoms with Gasteiger partial charge >= 0.3 is 11.8 Å². The molecular formula is C17H15ClN2O4. The second-order valence-electron chi connectivity index (χ2n) is 4.89. The molecule has 0 atom stereocenters. The summed E-state index contributed by atoms with van der Waals surface area (Å²) in [4.78, 5) is 35.2. The smallest absolute Gasteiger partial charge is 0.314 e. The van der Waals surface area contributed by atoms with Crippen molar-refractivity contribution in [1.82, 2.24) is 0 Å². The van der Waals surface area contributed by atoms with Crippen LogP contribution in [0.1, 0.15) is 17.3 Å². The molecule has 0 saturated heterocycles. The standard InChI is InChI=1S/C17H15ClN2O4/c1-10(21)11-3-6-13(7-4-11)19-16(22)17(23)20-14-9-12(18)5-8-15(14)24-2/h3-9H,1-2H3,(H,19,22)(H,20,23). The van der Waals surface area contributed by atoms with E-state index in [0.29, 0.717) is 22.0 Å². The van der Waals surface area contributed by atoms with E-state index in [1.165, 1.54) is 20.1 Å². The van der Waals surface area contributed by atoms with Gasteiger partial charge in [0.25, 0.3) is 0 Å². The van der Waals surface area contributed by atoms with Crippen LogP contribution in [0.25, 0.3) is 0 Å². The van der Waals surface area contributed by atoms with Crippen molar-refractivity contribution in [3.05, 3.63) is 53.1 Å². The molecule has 0 aromatic heterocycles. The summed E-state index contributed by atoms with van der Waals surface area (Å²) >= 11 is 5.87. The fourth-order valence-corrected chi connectivity index (χ4v) is 2.11. The molecule has 24 heavy (non-hydrogen) atoms. The lowest BCUT2D eigenvalue weighted by Gasteiger charge is -2.10. The lowest BCUT2D eigenvalue weighted by Crippen LogP contribution is -2.29. The summed E-state index contributed by atoms with van der Waals surface area (Å²) in [5.41, 5.74) is 1.21. The predicted octanol–water partition coefficient (Wildman–Crippen LogP) is 3.13. The molecule has 0 fully saturated rings. The average Bonchev–Trinajstić information content (AvgIpc) is 2.55. The molecule has 0 aliphatic rings. The number of methoxy groups -OCH3 is 1. The highest BCUT2D eigenvalue weighted by atomic mass is 35.5. The number of ether oxygens (including phenoxy) is 1. The van der Waals surface area contributed by atoms with Gasteiger partial charge in [0.1, 0.15) is 5.75 Å². The van der Waals surface area contributed by atoms with Crippen molar-refractivity contribution in [3.8, 4) is 5.75 Å². The van der Waals surface area contributed by atoms with E-state index in [0.717, 1.165) is 0 Å². The van der Waals surface area contributed by atoms with Crippen LogP contribution in [0.2, 0.25) is 5.02 Å². The van der Waals surface area contributed by atoms with Crippen molar-refractivity contribution in [2.45, 2.75) is 6.92 Å². The Morgan fingerprint density at radius 1 is 0.958 bits per heavy atom. The molecule has 2 aromatic carbocycles. The van der Waals surface area contributed by atoms with Gasteiger partial charge in [-0.25, -0.2) is 0 Å². The third-order valence-electron chi connectivity index (χ3n) is 3.17. The normalized spacial score (nSPS) is 9.96. The maximum Gasteiger partial charge on any atom is 0.314 e. The van der Waals surface area contributed by atoms with Crippen LogP contribution in [0.5, 0.6) is 5.75 Å². The fraction of sp³-hybridized carbons (Fsp3) is 0.118. The molecule has 124 valence electrons. The first-order valence-electron chi connectivity index (χ1n) is 6.97. The number of hydrogen-bond acceptors (Lipinski definition) is 4. The highest BCUT2D eigenvalue weighted by Gasteiger charge is 2.16. The number of amides is 2. The molecule has 0 spiro atoms. The van der Waals surface area contributed by atoms with E-state index in [1.54, 1.807) is 36.4 Å². The Balaban J connectivity index is 2.06. The number of ketones is 1. The Hall–Kier alpha value is -2.86. The highest BCUT2D eigenvalue weighted by Crippen LogP contribution is 2.27. The second kappa shape index (κ2) is 7.61. The van der Waals surface area contributed by atoms with Gasteiger partial charge in [-0.3, -0.25) is 14.4 Å². The SMILES string of the molecule is COc1ccc(Cl)cc1NC(=O)C(=O)Nc1ccc(C(C)=O)cc1. The number of carbonyl (C=O) groups is 3. The predicted molar refractivity (Wildman–Crippen MR) is 91.7 cm³/mol. The van der Waals surface area contributed by atoms with Crippen LogP contribution in [0.3, 0.4) is 0 Å². The molecule has 2 rings (SSSR count). The zero-order chi connectivity index (χ0) is 17.7. The minimum Gasteiger partial charge on any atom is -0.495 e.